The predicted molar refractivity (Wildman–Crippen MR) is 65.7 cm³/mol. The highest BCUT2D eigenvalue weighted by atomic mass is 79.9. The maximum atomic E-state index is 11.7. The van der Waals surface area contributed by atoms with E-state index in [-0.39, 0.29) is 5.91 Å². The van der Waals surface area contributed by atoms with E-state index >= 15 is 0 Å². The van der Waals surface area contributed by atoms with Gasteiger partial charge in [0.1, 0.15) is 0 Å². The summed E-state index contributed by atoms with van der Waals surface area (Å²) in [6, 6.07) is 5.24. The lowest BCUT2D eigenvalue weighted by atomic mass is 10.3. The highest BCUT2D eigenvalue weighted by Crippen LogP contribution is 2.25. The molecule has 0 spiro atoms. The van der Waals surface area contributed by atoms with Gasteiger partial charge in [-0.3, -0.25) is 9.89 Å². The first-order chi connectivity index (χ1) is 7.66. The zero-order chi connectivity index (χ0) is 11.5. The van der Waals surface area contributed by atoms with Gasteiger partial charge in [-0.05, 0) is 18.2 Å². The Balaban J connectivity index is 2.18. The molecular formula is C10H7BrClN3O. The molecule has 2 rings (SSSR count). The van der Waals surface area contributed by atoms with Crippen molar-refractivity contribution in [2.45, 2.75) is 0 Å². The first-order valence-electron chi connectivity index (χ1n) is 4.42. The number of amides is 1. The lowest BCUT2D eigenvalue weighted by Crippen LogP contribution is -2.11. The van der Waals surface area contributed by atoms with Crippen LogP contribution in [0, 0.1) is 0 Å². The number of anilines is 1. The summed E-state index contributed by atoms with van der Waals surface area (Å²) in [5, 5.41) is 9.43. The van der Waals surface area contributed by atoms with Gasteiger partial charge in [-0.1, -0.05) is 27.5 Å². The van der Waals surface area contributed by atoms with E-state index in [4.69, 9.17) is 11.6 Å². The standard InChI is InChI=1S/C10H7BrClN3O/c11-7-1-2-9(8(12)3-7)15-10(16)6-4-13-14-5-6/h1-5H,(H,13,14)(H,15,16). The maximum Gasteiger partial charge on any atom is 0.258 e. The normalized spacial score (nSPS) is 10.1. The molecule has 0 atom stereocenters. The third-order valence-corrected chi connectivity index (χ3v) is 2.75. The Hall–Kier alpha value is -1.33. The van der Waals surface area contributed by atoms with E-state index in [0.717, 1.165) is 4.47 Å². The number of hydrogen-bond acceptors (Lipinski definition) is 2. The Kier molecular flexibility index (Phi) is 3.26. The Morgan fingerprint density at radius 3 is 2.94 bits per heavy atom. The lowest BCUT2D eigenvalue weighted by molar-refractivity contribution is 0.102. The van der Waals surface area contributed by atoms with Gasteiger partial charge in [0, 0.05) is 10.7 Å². The van der Waals surface area contributed by atoms with E-state index in [9.17, 15) is 4.79 Å². The molecule has 16 heavy (non-hydrogen) atoms. The number of rotatable bonds is 2. The van der Waals surface area contributed by atoms with Crippen LogP contribution in [0.25, 0.3) is 0 Å². The second kappa shape index (κ2) is 4.67. The van der Waals surface area contributed by atoms with E-state index in [1.165, 1.54) is 12.4 Å². The van der Waals surface area contributed by atoms with Crippen LogP contribution in [0.1, 0.15) is 10.4 Å². The second-order valence-corrected chi connectivity index (χ2v) is 4.39. The van der Waals surface area contributed by atoms with Crippen LogP contribution in [-0.4, -0.2) is 16.1 Å². The summed E-state index contributed by atoms with van der Waals surface area (Å²) in [6.07, 6.45) is 2.96. The van der Waals surface area contributed by atoms with Crippen molar-refractivity contribution >= 4 is 39.1 Å². The number of halogens is 2. The molecule has 1 heterocycles. The van der Waals surface area contributed by atoms with Gasteiger partial charge in [-0.25, -0.2) is 0 Å². The summed E-state index contributed by atoms with van der Waals surface area (Å²) in [4.78, 5) is 11.7. The van der Waals surface area contributed by atoms with Gasteiger partial charge < -0.3 is 5.32 Å². The summed E-state index contributed by atoms with van der Waals surface area (Å²) in [6.45, 7) is 0. The fourth-order valence-corrected chi connectivity index (χ4v) is 1.88. The van der Waals surface area contributed by atoms with Crippen molar-refractivity contribution in [1.82, 2.24) is 10.2 Å². The zero-order valence-electron chi connectivity index (χ0n) is 8.00. The van der Waals surface area contributed by atoms with Crippen molar-refractivity contribution in [2.75, 3.05) is 5.32 Å². The monoisotopic (exact) mass is 299 g/mol. The van der Waals surface area contributed by atoms with E-state index in [2.05, 4.69) is 31.4 Å². The van der Waals surface area contributed by atoms with Crippen molar-refractivity contribution in [3.8, 4) is 0 Å². The van der Waals surface area contributed by atoms with E-state index in [0.29, 0.717) is 16.3 Å². The molecule has 0 aliphatic carbocycles. The van der Waals surface area contributed by atoms with Crippen LogP contribution < -0.4 is 5.32 Å². The van der Waals surface area contributed by atoms with E-state index in [1.54, 1.807) is 18.2 Å². The molecule has 2 aromatic rings. The number of aromatic amines is 1. The highest BCUT2D eigenvalue weighted by Gasteiger charge is 2.09. The van der Waals surface area contributed by atoms with Crippen molar-refractivity contribution in [2.24, 2.45) is 0 Å². The van der Waals surface area contributed by atoms with Crippen molar-refractivity contribution in [3.05, 3.63) is 45.7 Å². The van der Waals surface area contributed by atoms with Crippen LogP contribution in [0.5, 0.6) is 0 Å². The van der Waals surface area contributed by atoms with Crippen molar-refractivity contribution in [1.29, 1.82) is 0 Å². The average Bonchev–Trinajstić information content (AvgIpc) is 2.75. The van der Waals surface area contributed by atoms with E-state index < -0.39 is 0 Å². The maximum absolute atomic E-state index is 11.7. The number of carbonyl (C=O) groups excluding carboxylic acids is 1. The van der Waals surface area contributed by atoms with Gasteiger partial charge >= 0.3 is 0 Å². The van der Waals surface area contributed by atoms with Crippen LogP contribution in [-0.2, 0) is 0 Å². The Bertz CT molecular complexity index is 513. The molecular weight excluding hydrogens is 293 g/mol. The Morgan fingerprint density at radius 2 is 2.31 bits per heavy atom. The molecule has 2 N–H and O–H groups in total. The number of aromatic nitrogens is 2. The molecule has 82 valence electrons. The van der Waals surface area contributed by atoms with E-state index in [1.807, 2.05) is 0 Å². The first-order valence-corrected chi connectivity index (χ1v) is 5.59. The lowest BCUT2D eigenvalue weighted by Gasteiger charge is -2.05. The number of H-pyrrole nitrogens is 1. The van der Waals surface area contributed by atoms with Gasteiger partial charge in [0.05, 0.1) is 22.5 Å². The Labute approximate surface area is 105 Å². The molecule has 1 aromatic heterocycles. The second-order valence-electron chi connectivity index (χ2n) is 3.07. The van der Waals surface area contributed by atoms with Crippen LogP contribution >= 0.6 is 27.5 Å². The smallest absolute Gasteiger partial charge is 0.258 e. The van der Waals surface area contributed by atoms with Gasteiger partial charge in [-0.2, -0.15) is 5.10 Å². The summed E-state index contributed by atoms with van der Waals surface area (Å²) < 4.78 is 0.860. The van der Waals surface area contributed by atoms with Crippen LogP contribution in [0.15, 0.2) is 35.1 Å². The molecule has 0 saturated carbocycles. The van der Waals surface area contributed by atoms with Gasteiger partial charge in [0.15, 0.2) is 0 Å². The molecule has 1 aromatic carbocycles. The molecule has 1 amide bonds. The third kappa shape index (κ3) is 2.43. The van der Waals surface area contributed by atoms with Gasteiger partial charge in [0.25, 0.3) is 5.91 Å². The summed E-state index contributed by atoms with van der Waals surface area (Å²) in [5.74, 6) is -0.252. The molecule has 0 bridgehead atoms. The van der Waals surface area contributed by atoms with Gasteiger partial charge in [-0.15, -0.1) is 0 Å². The third-order valence-electron chi connectivity index (χ3n) is 1.94. The molecule has 0 aliphatic rings. The minimum atomic E-state index is -0.252. The van der Waals surface area contributed by atoms with Crippen LogP contribution in [0.4, 0.5) is 5.69 Å². The molecule has 0 unspecified atom stereocenters. The largest absolute Gasteiger partial charge is 0.321 e. The number of carbonyl (C=O) groups is 1. The predicted octanol–water partition coefficient (Wildman–Crippen LogP) is 3.08. The average molecular weight is 301 g/mol. The fourth-order valence-electron chi connectivity index (χ4n) is 1.16. The highest BCUT2D eigenvalue weighted by molar-refractivity contribution is 9.10. The number of benzene rings is 1. The molecule has 0 saturated heterocycles. The fraction of sp³-hybridized carbons (Fsp3) is 0. The molecule has 0 aliphatic heterocycles. The van der Waals surface area contributed by atoms with Gasteiger partial charge in [0.2, 0.25) is 0 Å². The van der Waals surface area contributed by atoms with Crippen molar-refractivity contribution < 1.29 is 4.79 Å². The number of nitrogens with one attached hydrogen (secondary N) is 2. The minimum absolute atomic E-state index is 0.252. The van der Waals surface area contributed by atoms with Crippen LogP contribution in [0.3, 0.4) is 0 Å². The zero-order valence-corrected chi connectivity index (χ0v) is 10.3. The number of hydrogen-bond donors (Lipinski definition) is 2. The molecule has 0 radical (unpaired) electrons. The number of nitrogens with zero attached hydrogens (tertiary/aromatic N) is 1. The quantitative estimate of drug-likeness (QED) is 0.895. The SMILES string of the molecule is O=C(Nc1ccc(Br)cc1Cl)c1cn[nH]c1. The van der Waals surface area contributed by atoms with Crippen molar-refractivity contribution in [3.63, 3.8) is 0 Å². The first kappa shape index (κ1) is 11.2. The molecule has 6 heteroatoms. The van der Waals surface area contributed by atoms with Crippen LogP contribution in [0.2, 0.25) is 5.02 Å². The summed E-state index contributed by atoms with van der Waals surface area (Å²) >= 11 is 9.26. The Morgan fingerprint density at radius 1 is 1.50 bits per heavy atom. The minimum Gasteiger partial charge on any atom is -0.321 e. The summed E-state index contributed by atoms with van der Waals surface area (Å²) in [7, 11) is 0. The summed E-state index contributed by atoms with van der Waals surface area (Å²) in [5.41, 5.74) is 1.02. The molecule has 4 nitrogen and oxygen atoms in total. The molecule has 0 fully saturated rings. The topological polar surface area (TPSA) is 57.8 Å².